The van der Waals surface area contributed by atoms with Crippen LogP contribution in [0.5, 0.6) is 11.5 Å². The molecule has 0 radical (unpaired) electrons. The maximum Gasteiger partial charge on any atom is 0.352 e. The zero-order chi connectivity index (χ0) is 40.4. The molecule has 0 bridgehead atoms. The molecule has 0 unspecified atom stereocenters. The number of aromatic hydroxyl groups is 2. The van der Waals surface area contributed by atoms with Gasteiger partial charge in [-0.2, -0.15) is 0 Å². The number of carbonyl (C=O) groups is 6. The minimum atomic E-state index is -1.19. The number of thioether (sulfide) groups is 3. The fraction of sp³-hybridized carbons (Fsp3) is 0.294. The number of aromatic nitrogens is 3. The summed E-state index contributed by atoms with van der Waals surface area (Å²) in [6.07, 6.45) is 1.60. The highest BCUT2D eigenvalue weighted by molar-refractivity contribution is 8.01. The van der Waals surface area contributed by atoms with Crippen LogP contribution >= 0.6 is 35.3 Å². The third-order valence-corrected chi connectivity index (χ3v) is 12.8. The van der Waals surface area contributed by atoms with Gasteiger partial charge >= 0.3 is 11.9 Å². The van der Waals surface area contributed by atoms with Crippen LogP contribution in [0.3, 0.4) is 0 Å². The Labute approximate surface area is 335 Å². The molecule has 3 aromatic rings. The van der Waals surface area contributed by atoms with Crippen LogP contribution in [0.25, 0.3) is 0 Å². The number of benzene rings is 2. The number of aromatic amines is 1. The average molecular weight is 844 g/mol. The summed E-state index contributed by atoms with van der Waals surface area (Å²) in [5, 5.41) is 52.5. The Kier molecular flexibility index (Phi) is 13.2. The lowest BCUT2D eigenvalue weighted by molar-refractivity contribution is -0.150. The number of nitrogens with zero attached hydrogens (tertiary/aromatic N) is 4. The molecule has 20 nitrogen and oxygen atoms in total. The van der Waals surface area contributed by atoms with Gasteiger partial charge in [0.2, 0.25) is 11.8 Å². The van der Waals surface area contributed by atoms with Crippen molar-refractivity contribution in [2.24, 2.45) is 11.5 Å². The Balaban J connectivity index is 0.000000219. The number of H-pyrrole nitrogens is 1. The van der Waals surface area contributed by atoms with Gasteiger partial charge in [-0.05, 0) is 53.5 Å². The van der Waals surface area contributed by atoms with Crippen LogP contribution in [-0.4, -0.2) is 127 Å². The molecule has 4 aliphatic heterocycles. The van der Waals surface area contributed by atoms with Crippen LogP contribution in [0.1, 0.15) is 30.1 Å². The van der Waals surface area contributed by atoms with Crippen molar-refractivity contribution in [3.05, 3.63) is 88.4 Å². The second-order valence-electron chi connectivity index (χ2n) is 12.7. The Morgan fingerprint density at radius 3 is 1.72 bits per heavy atom. The van der Waals surface area contributed by atoms with Crippen LogP contribution in [-0.2, 0) is 28.8 Å². The summed E-state index contributed by atoms with van der Waals surface area (Å²) in [5.41, 5.74) is 14.0. The quantitative estimate of drug-likeness (QED) is 0.0857. The van der Waals surface area contributed by atoms with Crippen molar-refractivity contribution in [2.75, 3.05) is 17.3 Å². The van der Waals surface area contributed by atoms with Crippen molar-refractivity contribution < 1.29 is 54.7 Å². The van der Waals surface area contributed by atoms with Crippen molar-refractivity contribution in [3.63, 3.8) is 0 Å². The van der Waals surface area contributed by atoms with E-state index in [-0.39, 0.29) is 28.4 Å². The third kappa shape index (κ3) is 8.72. The van der Waals surface area contributed by atoms with Gasteiger partial charge in [0.15, 0.2) is 0 Å². The largest absolute Gasteiger partial charge is 0.508 e. The van der Waals surface area contributed by atoms with E-state index in [1.807, 2.05) is 0 Å². The Morgan fingerprint density at radius 2 is 1.28 bits per heavy atom. The molecule has 4 amide bonds. The molecule has 57 heavy (non-hydrogen) atoms. The first-order valence-corrected chi connectivity index (χ1v) is 19.7. The van der Waals surface area contributed by atoms with Crippen molar-refractivity contribution in [1.29, 1.82) is 0 Å². The van der Waals surface area contributed by atoms with E-state index < -0.39 is 70.5 Å². The van der Waals surface area contributed by atoms with Crippen molar-refractivity contribution in [3.8, 4) is 11.5 Å². The molecule has 6 atom stereocenters. The van der Waals surface area contributed by atoms with Gasteiger partial charge in [0, 0.05) is 17.3 Å². The number of phenolic OH excluding ortho intramolecular Hbond substituents is 2. The van der Waals surface area contributed by atoms with E-state index in [1.165, 1.54) is 93.6 Å². The Hall–Kier alpha value is -5.59. The molecule has 1 aromatic heterocycles. The predicted octanol–water partition coefficient (Wildman–Crippen LogP) is -0.633. The number of carboxylic acids is 2. The smallest absolute Gasteiger partial charge is 0.352 e. The molecule has 2 fully saturated rings. The fourth-order valence-corrected chi connectivity index (χ4v) is 9.71. The van der Waals surface area contributed by atoms with Crippen molar-refractivity contribution in [2.45, 2.75) is 46.9 Å². The molecule has 2 aromatic carbocycles. The predicted molar refractivity (Wildman–Crippen MR) is 206 cm³/mol. The molecular formula is C34H37N9O11S3. The lowest BCUT2D eigenvalue weighted by atomic mass is 10.0. The number of hydrogen-bond donors (Lipinski definition) is 9. The van der Waals surface area contributed by atoms with Gasteiger partial charge in [-0.3, -0.25) is 34.1 Å². The van der Waals surface area contributed by atoms with Crippen LogP contribution in [0.2, 0.25) is 0 Å². The summed E-state index contributed by atoms with van der Waals surface area (Å²) in [5.74, 6) is -3.06. The number of aliphatic carboxylic acids is 2. The SMILES string of the molecule is CC1=C(C(=O)O)N2C(=O)[C@@H](NC(=O)[C@H](N)c3ccc(O)cc3)[C@H]2SC1.N[C@@H](C(=O)N[C@@H]1C(=O)N2C(C(=O)O)=C(CSc3c[nH]nn3)CS[C@H]12)c1ccc(O)cc1.O. The lowest BCUT2D eigenvalue weighted by Gasteiger charge is -2.49. The summed E-state index contributed by atoms with van der Waals surface area (Å²) >= 11 is 4.10. The number of hydrogen-bond acceptors (Lipinski definition) is 15. The number of nitrogens with one attached hydrogen (secondary N) is 3. The lowest BCUT2D eigenvalue weighted by Crippen LogP contribution is -2.71. The van der Waals surface area contributed by atoms with Gasteiger partial charge in [-0.1, -0.05) is 41.2 Å². The number of carboxylic acid groups (broad SMARTS) is 2. The number of phenols is 2. The minimum absolute atomic E-state index is 0. The number of β-lactam (4-membered cyclic amide) rings is 2. The standard InChI is InChI=1S/C18H18N6O5S2.C16H17N3O5S.H2O/c19-12(8-1-3-10(25)4-2-8)15(26)21-13-16(27)24-14(18(28)29)9(7-31-17(13)24)6-30-11-5-20-23-22-11;1-7-6-25-15-11(14(22)19(15)12(7)16(23)24)18-13(21)10(17)8-2-4-9(20)5-3-8;/h1-5,12-13,17,25H,6-7,19H2,(H,21,26)(H,28,29)(H,20,22,23);2-5,10-11,15,20H,6,17H2,1H3,(H,18,21)(H,23,24);1H2/t12-,13-,17-;10-,11-,15-;/m11./s1. The number of fused-ring (bicyclic) bond motifs is 2. The molecule has 13 N–H and O–H groups in total. The maximum atomic E-state index is 12.7. The maximum absolute atomic E-state index is 12.7. The number of carbonyl (C=O) groups excluding carboxylic acids is 4. The van der Waals surface area contributed by atoms with Crippen LogP contribution in [0, 0.1) is 0 Å². The molecular weight excluding hydrogens is 807 g/mol. The number of nitrogens with two attached hydrogens (primary N) is 2. The molecule has 23 heteroatoms. The number of amides is 4. The van der Waals surface area contributed by atoms with E-state index >= 15 is 0 Å². The molecule has 302 valence electrons. The summed E-state index contributed by atoms with van der Waals surface area (Å²) in [4.78, 5) is 75.6. The second kappa shape index (κ2) is 17.7. The molecule has 5 heterocycles. The van der Waals surface area contributed by atoms with Crippen molar-refractivity contribution in [1.82, 2.24) is 35.8 Å². The van der Waals surface area contributed by atoms with E-state index in [0.29, 0.717) is 44.6 Å². The van der Waals surface area contributed by atoms with Gasteiger partial charge in [0.05, 0.1) is 6.20 Å². The zero-order valence-electron chi connectivity index (χ0n) is 29.7. The zero-order valence-corrected chi connectivity index (χ0v) is 32.1. The van der Waals surface area contributed by atoms with Crippen LogP contribution in [0.15, 0.2) is 82.3 Å². The Morgan fingerprint density at radius 1 is 0.825 bits per heavy atom. The summed E-state index contributed by atoms with van der Waals surface area (Å²) < 4.78 is 0. The molecule has 2 saturated heterocycles. The highest BCUT2D eigenvalue weighted by Gasteiger charge is 2.55. The van der Waals surface area contributed by atoms with E-state index in [0.717, 1.165) is 0 Å². The van der Waals surface area contributed by atoms with Crippen LogP contribution < -0.4 is 22.1 Å². The average Bonchev–Trinajstić information content (AvgIpc) is 3.71. The minimum Gasteiger partial charge on any atom is -0.508 e. The first-order valence-electron chi connectivity index (χ1n) is 16.6. The van der Waals surface area contributed by atoms with Gasteiger partial charge in [-0.25, -0.2) is 9.59 Å². The molecule has 0 spiro atoms. The Bertz CT molecular complexity index is 2120. The molecule has 4 aliphatic rings. The summed E-state index contributed by atoms with van der Waals surface area (Å²) in [6.45, 7) is 1.67. The normalized spacial score (nSPS) is 21.9. The van der Waals surface area contributed by atoms with Crippen LogP contribution in [0.4, 0.5) is 0 Å². The second-order valence-corrected chi connectivity index (χ2v) is 15.9. The first kappa shape index (κ1) is 42.6. The summed E-state index contributed by atoms with van der Waals surface area (Å²) in [7, 11) is 0. The van der Waals surface area contributed by atoms with Gasteiger partial charge < -0.3 is 48.0 Å². The molecule has 0 saturated carbocycles. The van der Waals surface area contributed by atoms with Gasteiger partial charge in [0.25, 0.3) is 11.8 Å². The van der Waals surface area contributed by atoms with Crippen molar-refractivity contribution >= 4 is 70.9 Å². The number of rotatable bonds is 11. The van der Waals surface area contributed by atoms with E-state index in [9.17, 15) is 49.2 Å². The third-order valence-electron chi connectivity index (χ3n) is 9.06. The van der Waals surface area contributed by atoms with Gasteiger partial charge in [-0.15, -0.1) is 28.6 Å². The van der Waals surface area contributed by atoms with E-state index in [1.54, 1.807) is 13.1 Å². The first-order chi connectivity index (χ1) is 26.7. The highest BCUT2D eigenvalue weighted by atomic mass is 32.2. The summed E-state index contributed by atoms with van der Waals surface area (Å²) in [6, 6.07) is 8.08. The monoisotopic (exact) mass is 843 g/mol. The highest BCUT2D eigenvalue weighted by Crippen LogP contribution is 2.42. The molecule has 7 rings (SSSR count). The fourth-order valence-electron chi connectivity index (χ4n) is 6.14. The van der Waals surface area contributed by atoms with E-state index in [2.05, 4.69) is 26.0 Å². The topological polar surface area (TPSA) is 339 Å². The van der Waals surface area contributed by atoms with E-state index in [4.69, 9.17) is 11.5 Å². The molecule has 0 aliphatic carbocycles. The van der Waals surface area contributed by atoms with Gasteiger partial charge in [0.1, 0.15) is 62.8 Å².